The Labute approximate surface area is 152 Å². The Kier molecular flexibility index (Phi) is 13.6. The van der Waals surface area contributed by atoms with E-state index in [1.54, 1.807) is 0 Å². The monoisotopic (exact) mass is 379 g/mol. The Morgan fingerprint density at radius 1 is 0.625 bits per heavy atom. The van der Waals surface area contributed by atoms with Gasteiger partial charge in [0, 0.05) is 26.4 Å². The molecule has 0 atom stereocenters. The zero-order valence-corrected chi connectivity index (χ0v) is 19.2. The van der Waals surface area contributed by atoms with Gasteiger partial charge in [0.05, 0.1) is 0 Å². The number of hydrogen-bond donors (Lipinski definition) is 0. The molecule has 0 bridgehead atoms. The molecule has 24 heavy (non-hydrogen) atoms. The Morgan fingerprint density at radius 2 is 0.917 bits per heavy atom. The molecule has 0 heterocycles. The van der Waals surface area contributed by atoms with Crippen molar-refractivity contribution in [2.75, 3.05) is 46.6 Å². The standard InChI is InChI=1S/C17H41NO4Si2/c1-8-19-23(6,20-9-2)16-12-14-18(5)15-13-17-24(7,21-10-3)22-11-4/h8-17H2,1-7H3. The highest BCUT2D eigenvalue weighted by molar-refractivity contribution is 6.66. The van der Waals surface area contributed by atoms with Crippen LogP contribution < -0.4 is 0 Å². The summed E-state index contributed by atoms with van der Waals surface area (Å²) in [7, 11) is -1.72. The van der Waals surface area contributed by atoms with E-state index in [1.807, 2.05) is 27.7 Å². The van der Waals surface area contributed by atoms with Gasteiger partial charge >= 0.3 is 17.1 Å². The molecule has 0 saturated carbocycles. The molecule has 0 saturated heterocycles. The van der Waals surface area contributed by atoms with E-state index >= 15 is 0 Å². The molecule has 0 radical (unpaired) electrons. The zero-order chi connectivity index (χ0) is 18.5. The fraction of sp³-hybridized carbons (Fsp3) is 1.00. The van der Waals surface area contributed by atoms with Gasteiger partial charge in [-0.15, -0.1) is 0 Å². The highest BCUT2D eigenvalue weighted by Crippen LogP contribution is 2.18. The predicted octanol–water partition coefficient (Wildman–Crippen LogP) is 3.99. The molecule has 0 spiro atoms. The summed E-state index contributed by atoms with van der Waals surface area (Å²) in [6.45, 7) is 17.7. The van der Waals surface area contributed by atoms with Gasteiger partial charge in [0.1, 0.15) is 0 Å². The summed E-state index contributed by atoms with van der Waals surface area (Å²) in [6, 6.07) is 2.12. The zero-order valence-electron chi connectivity index (χ0n) is 17.2. The van der Waals surface area contributed by atoms with Crippen LogP contribution in [0.15, 0.2) is 0 Å². The second-order valence-corrected chi connectivity index (χ2v) is 13.2. The topological polar surface area (TPSA) is 40.2 Å². The van der Waals surface area contributed by atoms with Crippen molar-refractivity contribution in [1.82, 2.24) is 4.90 Å². The molecule has 0 N–H and O–H groups in total. The summed E-state index contributed by atoms with van der Waals surface area (Å²) in [5.74, 6) is 0. The van der Waals surface area contributed by atoms with Crippen molar-refractivity contribution in [3.63, 3.8) is 0 Å². The number of nitrogens with zero attached hydrogens (tertiary/aromatic N) is 1. The summed E-state index contributed by atoms with van der Waals surface area (Å²) in [5.41, 5.74) is 0. The maximum atomic E-state index is 5.90. The van der Waals surface area contributed by atoms with Gasteiger partial charge in [-0.2, -0.15) is 0 Å². The summed E-state index contributed by atoms with van der Waals surface area (Å²) in [5, 5.41) is 0. The molecule has 0 fully saturated rings. The molecule has 7 heteroatoms. The smallest absolute Gasteiger partial charge is 0.334 e. The van der Waals surface area contributed by atoms with E-state index in [1.165, 1.54) is 0 Å². The minimum Gasteiger partial charge on any atom is -0.395 e. The summed E-state index contributed by atoms with van der Waals surface area (Å²) >= 11 is 0. The van der Waals surface area contributed by atoms with Crippen LogP contribution >= 0.6 is 0 Å². The molecule has 0 aliphatic heterocycles. The normalized spacial score (nSPS) is 13.0. The van der Waals surface area contributed by atoms with E-state index in [9.17, 15) is 0 Å². The molecule has 0 aliphatic carbocycles. The van der Waals surface area contributed by atoms with E-state index in [0.29, 0.717) is 0 Å². The second-order valence-electron chi connectivity index (χ2n) is 6.51. The van der Waals surface area contributed by atoms with Crippen LogP contribution in [0, 0.1) is 0 Å². The first kappa shape index (κ1) is 24.2. The van der Waals surface area contributed by atoms with Crippen molar-refractivity contribution < 1.29 is 17.7 Å². The van der Waals surface area contributed by atoms with Gasteiger partial charge in [-0.25, -0.2) is 0 Å². The third-order valence-electron chi connectivity index (χ3n) is 4.14. The van der Waals surface area contributed by atoms with Crippen molar-refractivity contribution in [2.24, 2.45) is 0 Å². The Bertz CT molecular complexity index is 268. The second kappa shape index (κ2) is 13.4. The summed E-state index contributed by atoms with van der Waals surface area (Å²) in [4.78, 5) is 2.40. The van der Waals surface area contributed by atoms with Crippen molar-refractivity contribution in [2.45, 2.75) is 65.7 Å². The third kappa shape index (κ3) is 11.0. The van der Waals surface area contributed by atoms with Crippen LogP contribution in [0.1, 0.15) is 40.5 Å². The van der Waals surface area contributed by atoms with Crippen LogP contribution in [0.2, 0.25) is 25.2 Å². The molecule has 0 aromatic heterocycles. The molecule has 146 valence electrons. The Hall–Kier alpha value is 0.234. The van der Waals surface area contributed by atoms with E-state index in [0.717, 1.165) is 64.4 Å². The third-order valence-corrected chi connectivity index (χ3v) is 10.3. The molecule has 0 aromatic carbocycles. The SMILES string of the molecule is CCO[Si](C)(CCCN(C)CCC[Si](C)(OCC)OCC)OCC. The molecule has 5 nitrogen and oxygen atoms in total. The highest BCUT2D eigenvalue weighted by atomic mass is 28.4. The fourth-order valence-electron chi connectivity index (χ4n) is 3.05. The van der Waals surface area contributed by atoms with Gasteiger partial charge in [-0.05, 0) is 85.9 Å². The van der Waals surface area contributed by atoms with Gasteiger partial charge in [-0.1, -0.05) is 0 Å². The Balaban J connectivity index is 4.06. The quantitative estimate of drug-likeness (QED) is 0.379. The molecular weight excluding hydrogens is 338 g/mol. The lowest BCUT2D eigenvalue weighted by Gasteiger charge is -2.28. The fourth-order valence-corrected chi connectivity index (χ4v) is 7.83. The van der Waals surface area contributed by atoms with Gasteiger partial charge < -0.3 is 22.6 Å². The van der Waals surface area contributed by atoms with E-state index in [-0.39, 0.29) is 0 Å². The molecule has 0 amide bonds. The van der Waals surface area contributed by atoms with Gasteiger partial charge in [0.2, 0.25) is 0 Å². The maximum absolute atomic E-state index is 5.90. The first-order valence-corrected chi connectivity index (χ1v) is 14.6. The lowest BCUT2D eigenvalue weighted by atomic mass is 10.4. The Morgan fingerprint density at radius 3 is 1.17 bits per heavy atom. The van der Waals surface area contributed by atoms with E-state index in [2.05, 4.69) is 25.0 Å². The number of hydrogen-bond acceptors (Lipinski definition) is 5. The summed E-state index contributed by atoms with van der Waals surface area (Å²) < 4.78 is 23.6. The minimum atomic E-state index is -1.96. The predicted molar refractivity (Wildman–Crippen MR) is 106 cm³/mol. The van der Waals surface area contributed by atoms with Gasteiger partial charge in [-0.3, -0.25) is 0 Å². The van der Waals surface area contributed by atoms with Crippen LogP contribution in [0.4, 0.5) is 0 Å². The van der Waals surface area contributed by atoms with Crippen molar-refractivity contribution in [3.05, 3.63) is 0 Å². The maximum Gasteiger partial charge on any atom is 0.334 e. The molecule has 0 aromatic rings. The van der Waals surface area contributed by atoms with Crippen molar-refractivity contribution in [3.8, 4) is 0 Å². The van der Waals surface area contributed by atoms with Crippen LogP contribution in [0.5, 0.6) is 0 Å². The molecule has 0 rings (SSSR count). The van der Waals surface area contributed by atoms with Crippen LogP contribution in [0.25, 0.3) is 0 Å². The highest BCUT2D eigenvalue weighted by Gasteiger charge is 2.31. The van der Waals surface area contributed by atoms with Crippen LogP contribution in [-0.2, 0) is 17.7 Å². The number of rotatable bonds is 16. The van der Waals surface area contributed by atoms with E-state index in [4.69, 9.17) is 17.7 Å². The average Bonchev–Trinajstić information content (AvgIpc) is 2.48. The van der Waals surface area contributed by atoms with Gasteiger partial charge in [0.15, 0.2) is 0 Å². The summed E-state index contributed by atoms with van der Waals surface area (Å²) in [6.07, 6.45) is 2.26. The van der Waals surface area contributed by atoms with E-state index < -0.39 is 17.1 Å². The lowest BCUT2D eigenvalue weighted by molar-refractivity contribution is 0.185. The lowest BCUT2D eigenvalue weighted by Crippen LogP contribution is -2.40. The minimum absolute atomic E-state index is 0.747. The van der Waals surface area contributed by atoms with Crippen molar-refractivity contribution in [1.29, 1.82) is 0 Å². The first-order valence-electron chi connectivity index (χ1n) is 9.59. The average molecular weight is 380 g/mol. The van der Waals surface area contributed by atoms with Crippen LogP contribution in [-0.4, -0.2) is 68.6 Å². The molecule has 0 unspecified atom stereocenters. The van der Waals surface area contributed by atoms with Gasteiger partial charge in [0.25, 0.3) is 0 Å². The molecule has 0 aliphatic rings. The molecular formula is C17H41NO4Si2. The first-order chi connectivity index (χ1) is 11.3. The largest absolute Gasteiger partial charge is 0.395 e. The van der Waals surface area contributed by atoms with Crippen LogP contribution in [0.3, 0.4) is 0 Å². The van der Waals surface area contributed by atoms with Crippen molar-refractivity contribution >= 4 is 17.1 Å².